The van der Waals surface area contributed by atoms with E-state index in [1.165, 1.54) is 6.92 Å². The zero-order chi connectivity index (χ0) is 14.9. The molecule has 0 aliphatic carbocycles. The average Bonchev–Trinajstić information content (AvgIpc) is 2.96. The van der Waals surface area contributed by atoms with E-state index in [1.54, 1.807) is 17.5 Å². The topological polar surface area (TPSA) is 66.9 Å². The molecule has 0 saturated heterocycles. The first-order valence-corrected chi connectivity index (χ1v) is 7.93. The fourth-order valence-electron chi connectivity index (χ4n) is 1.87. The molecule has 0 aromatic carbocycles. The van der Waals surface area contributed by atoms with Gasteiger partial charge in [-0.3, -0.25) is 9.78 Å². The molecule has 0 bridgehead atoms. The van der Waals surface area contributed by atoms with Crippen LogP contribution in [0.2, 0.25) is 0 Å². The first-order chi connectivity index (χ1) is 10.3. The highest BCUT2D eigenvalue weighted by molar-refractivity contribution is 7.09. The van der Waals surface area contributed by atoms with Crippen LogP contribution >= 0.6 is 11.3 Å². The Kier molecular flexibility index (Phi) is 6.30. The zero-order valence-corrected chi connectivity index (χ0v) is 12.9. The van der Waals surface area contributed by atoms with Gasteiger partial charge in [-0.05, 0) is 25.1 Å². The summed E-state index contributed by atoms with van der Waals surface area (Å²) < 4.78 is 0. The summed E-state index contributed by atoms with van der Waals surface area (Å²) in [5, 5.41) is 9.34. The summed E-state index contributed by atoms with van der Waals surface area (Å²) in [4.78, 5) is 19.4. The van der Waals surface area contributed by atoms with Crippen LogP contribution in [0.5, 0.6) is 0 Å². The predicted molar refractivity (Wildman–Crippen MR) is 85.2 cm³/mol. The fraction of sp³-hybridized carbons (Fsp3) is 0.400. The average molecular weight is 304 g/mol. The van der Waals surface area contributed by atoms with Crippen molar-refractivity contribution >= 4 is 17.2 Å². The highest BCUT2D eigenvalue weighted by Crippen LogP contribution is 2.20. The molecule has 5 nitrogen and oxygen atoms in total. The first kappa shape index (κ1) is 15.6. The monoisotopic (exact) mass is 304 g/mol. The largest absolute Gasteiger partial charge is 0.356 e. The molecule has 0 spiro atoms. The highest BCUT2D eigenvalue weighted by Gasteiger charge is 2.04. The summed E-state index contributed by atoms with van der Waals surface area (Å²) in [7, 11) is 0. The molecule has 2 aromatic rings. The number of hydrogen-bond acceptors (Lipinski definition) is 5. The Hall–Kier alpha value is -1.79. The molecule has 0 fully saturated rings. The molecule has 2 heterocycles. The minimum absolute atomic E-state index is 0.0284. The molecule has 6 heteroatoms. The number of nitrogens with one attached hydrogen (secondary N) is 2. The lowest BCUT2D eigenvalue weighted by Crippen LogP contribution is -2.26. The molecular weight excluding hydrogens is 284 g/mol. The molecule has 0 atom stereocenters. The Labute approximate surface area is 128 Å². The van der Waals surface area contributed by atoms with Gasteiger partial charge in [0.1, 0.15) is 0 Å². The van der Waals surface area contributed by atoms with E-state index in [0.29, 0.717) is 0 Å². The molecule has 0 saturated carbocycles. The van der Waals surface area contributed by atoms with Crippen LogP contribution in [0.3, 0.4) is 0 Å². The molecule has 0 radical (unpaired) electrons. The van der Waals surface area contributed by atoms with Crippen molar-refractivity contribution in [1.29, 1.82) is 0 Å². The molecule has 112 valence electrons. The molecular formula is C15H20N4OS. The second kappa shape index (κ2) is 8.49. The van der Waals surface area contributed by atoms with Gasteiger partial charge in [0.25, 0.3) is 0 Å². The smallest absolute Gasteiger partial charge is 0.216 e. The van der Waals surface area contributed by atoms with Gasteiger partial charge in [-0.2, -0.15) is 0 Å². The van der Waals surface area contributed by atoms with Crippen LogP contribution in [0.15, 0.2) is 29.9 Å². The van der Waals surface area contributed by atoms with Crippen molar-refractivity contribution in [3.8, 4) is 11.3 Å². The van der Waals surface area contributed by atoms with E-state index < -0.39 is 0 Å². The Morgan fingerprint density at radius 2 is 2.24 bits per heavy atom. The summed E-state index contributed by atoms with van der Waals surface area (Å²) in [6, 6.07) is 3.94. The van der Waals surface area contributed by atoms with Crippen molar-refractivity contribution in [3.63, 3.8) is 0 Å². The number of amides is 1. The van der Waals surface area contributed by atoms with Crippen LogP contribution in [-0.4, -0.2) is 35.5 Å². The lowest BCUT2D eigenvalue weighted by Gasteiger charge is -2.03. The van der Waals surface area contributed by atoms with Crippen LogP contribution in [0, 0.1) is 0 Å². The zero-order valence-electron chi connectivity index (χ0n) is 12.1. The molecule has 21 heavy (non-hydrogen) atoms. The summed E-state index contributed by atoms with van der Waals surface area (Å²) >= 11 is 1.68. The van der Waals surface area contributed by atoms with Gasteiger partial charge >= 0.3 is 0 Å². The standard InChI is InChI=1S/C15H20N4OS/c1-12(20)18-8-3-7-16-9-5-15-19-14(11-21-15)13-4-2-6-17-10-13/h2,4,6,10-11,16H,3,5,7-9H2,1H3,(H,18,20). The third-order valence-corrected chi connectivity index (χ3v) is 3.84. The van der Waals surface area contributed by atoms with Crippen molar-refractivity contribution in [3.05, 3.63) is 34.9 Å². The van der Waals surface area contributed by atoms with Gasteiger partial charge in [0.15, 0.2) is 0 Å². The van der Waals surface area contributed by atoms with E-state index in [9.17, 15) is 4.79 Å². The van der Waals surface area contributed by atoms with Crippen LogP contribution < -0.4 is 10.6 Å². The van der Waals surface area contributed by atoms with Gasteiger partial charge in [0.05, 0.1) is 10.7 Å². The second-order valence-electron chi connectivity index (χ2n) is 4.70. The molecule has 1 amide bonds. The summed E-state index contributed by atoms with van der Waals surface area (Å²) in [6.45, 7) is 4.07. The second-order valence-corrected chi connectivity index (χ2v) is 5.65. The van der Waals surface area contributed by atoms with Crippen molar-refractivity contribution in [2.75, 3.05) is 19.6 Å². The molecule has 0 aliphatic heterocycles. The van der Waals surface area contributed by atoms with Gasteiger partial charge in [0, 0.05) is 49.8 Å². The maximum atomic E-state index is 10.7. The molecule has 0 unspecified atom stereocenters. The van der Waals surface area contributed by atoms with Crippen molar-refractivity contribution in [2.24, 2.45) is 0 Å². The minimum Gasteiger partial charge on any atom is -0.356 e. The van der Waals surface area contributed by atoms with E-state index >= 15 is 0 Å². The lowest BCUT2D eigenvalue weighted by molar-refractivity contribution is -0.118. The van der Waals surface area contributed by atoms with Crippen LogP contribution in [0.4, 0.5) is 0 Å². The van der Waals surface area contributed by atoms with E-state index in [-0.39, 0.29) is 5.91 Å². The Bertz CT molecular complexity index is 556. The number of thiazole rings is 1. The van der Waals surface area contributed by atoms with Crippen molar-refractivity contribution in [2.45, 2.75) is 19.8 Å². The lowest BCUT2D eigenvalue weighted by atomic mass is 10.2. The molecule has 0 aliphatic rings. The third kappa shape index (κ3) is 5.61. The van der Waals surface area contributed by atoms with Crippen LogP contribution in [0.25, 0.3) is 11.3 Å². The van der Waals surface area contributed by atoms with Gasteiger partial charge in [-0.25, -0.2) is 4.98 Å². The van der Waals surface area contributed by atoms with E-state index in [1.807, 2.05) is 18.3 Å². The summed E-state index contributed by atoms with van der Waals surface area (Å²) in [5.74, 6) is 0.0284. The maximum absolute atomic E-state index is 10.7. The van der Waals surface area contributed by atoms with E-state index in [4.69, 9.17) is 0 Å². The maximum Gasteiger partial charge on any atom is 0.216 e. The molecule has 2 aromatic heterocycles. The number of pyridine rings is 1. The van der Waals surface area contributed by atoms with Gasteiger partial charge in [-0.15, -0.1) is 11.3 Å². The Balaban J connectivity index is 1.66. The quantitative estimate of drug-likeness (QED) is 0.731. The van der Waals surface area contributed by atoms with Crippen LogP contribution in [-0.2, 0) is 11.2 Å². The minimum atomic E-state index is 0.0284. The number of nitrogens with zero attached hydrogens (tertiary/aromatic N) is 2. The predicted octanol–water partition coefficient (Wildman–Crippen LogP) is 1.86. The number of rotatable bonds is 8. The Morgan fingerprint density at radius 1 is 1.33 bits per heavy atom. The van der Waals surface area contributed by atoms with E-state index in [2.05, 4.69) is 26.0 Å². The van der Waals surface area contributed by atoms with Crippen molar-refractivity contribution < 1.29 is 4.79 Å². The Morgan fingerprint density at radius 3 is 3.00 bits per heavy atom. The van der Waals surface area contributed by atoms with Crippen molar-refractivity contribution in [1.82, 2.24) is 20.6 Å². The highest BCUT2D eigenvalue weighted by atomic mass is 32.1. The third-order valence-electron chi connectivity index (χ3n) is 2.93. The number of aromatic nitrogens is 2. The molecule has 2 N–H and O–H groups in total. The number of carbonyl (C=O) groups excluding carboxylic acids is 1. The normalized spacial score (nSPS) is 10.5. The molecule has 2 rings (SSSR count). The number of hydrogen-bond donors (Lipinski definition) is 2. The first-order valence-electron chi connectivity index (χ1n) is 7.05. The number of carbonyl (C=O) groups is 1. The fourth-order valence-corrected chi connectivity index (χ4v) is 2.68. The summed E-state index contributed by atoms with van der Waals surface area (Å²) in [5.41, 5.74) is 2.05. The van der Waals surface area contributed by atoms with Gasteiger partial charge in [0.2, 0.25) is 5.91 Å². The summed E-state index contributed by atoms with van der Waals surface area (Å²) in [6.07, 6.45) is 5.46. The van der Waals surface area contributed by atoms with Gasteiger partial charge < -0.3 is 10.6 Å². The SMILES string of the molecule is CC(=O)NCCCNCCc1nc(-c2cccnc2)cs1. The van der Waals surface area contributed by atoms with Gasteiger partial charge in [-0.1, -0.05) is 0 Å². The van der Waals surface area contributed by atoms with Crippen LogP contribution in [0.1, 0.15) is 18.4 Å². The van der Waals surface area contributed by atoms with E-state index in [0.717, 1.165) is 48.7 Å².